The zero-order valence-electron chi connectivity index (χ0n) is 11.6. The Balaban J connectivity index is 1.84. The minimum Gasteiger partial charge on any atom is -0.358 e. The number of nitrogens with zero attached hydrogens (tertiary/aromatic N) is 1. The Hall–Kier alpha value is -1.49. The number of aromatic amines is 1. The summed E-state index contributed by atoms with van der Waals surface area (Å²) in [5.41, 5.74) is 2.46. The quantitative estimate of drug-likeness (QED) is 0.780. The second kappa shape index (κ2) is 4.50. The number of hydrogen-bond donors (Lipinski definition) is 1. The third kappa shape index (κ3) is 2.14. The number of halogens is 3. The largest absolute Gasteiger partial charge is 0.416 e. The maximum absolute atomic E-state index is 12.8. The molecule has 5 heteroatoms. The van der Waals surface area contributed by atoms with Gasteiger partial charge in [-0.15, -0.1) is 0 Å². The van der Waals surface area contributed by atoms with E-state index < -0.39 is 11.7 Å². The summed E-state index contributed by atoms with van der Waals surface area (Å²) in [5, 5.41) is 0.965. The molecule has 2 aliphatic rings. The number of nitrogens with one attached hydrogen (secondary N) is 1. The Labute approximate surface area is 120 Å². The maximum Gasteiger partial charge on any atom is 0.416 e. The molecule has 1 saturated heterocycles. The van der Waals surface area contributed by atoms with Crippen LogP contribution in [0.25, 0.3) is 10.9 Å². The predicted octanol–water partition coefficient (Wildman–Crippen LogP) is 3.92. The van der Waals surface area contributed by atoms with Crippen LogP contribution in [0.1, 0.15) is 35.6 Å². The molecule has 1 aromatic carbocycles. The minimum absolute atomic E-state index is 0.443. The second-order valence-corrected chi connectivity index (χ2v) is 6.17. The van der Waals surface area contributed by atoms with Crippen molar-refractivity contribution in [3.05, 3.63) is 35.0 Å². The molecular weight excluding hydrogens is 277 g/mol. The van der Waals surface area contributed by atoms with Crippen LogP contribution in [0.5, 0.6) is 0 Å². The number of H-pyrrole nitrogens is 1. The van der Waals surface area contributed by atoms with Crippen molar-refractivity contribution < 1.29 is 13.2 Å². The summed E-state index contributed by atoms with van der Waals surface area (Å²) < 4.78 is 38.5. The first-order valence-corrected chi connectivity index (χ1v) is 7.46. The lowest BCUT2D eigenvalue weighted by Gasteiger charge is -2.29. The lowest BCUT2D eigenvalue weighted by atomic mass is 9.93. The van der Waals surface area contributed by atoms with E-state index in [1.165, 1.54) is 29.8 Å². The van der Waals surface area contributed by atoms with Gasteiger partial charge < -0.3 is 9.88 Å². The van der Waals surface area contributed by atoms with Crippen molar-refractivity contribution >= 4 is 10.9 Å². The molecule has 3 heterocycles. The van der Waals surface area contributed by atoms with E-state index in [4.69, 9.17) is 0 Å². The Morgan fingerprint density at radius 3 is 2.86 bits per heavy atom. The lowest BCUT2D eigenvalue weighted by molar-refractivity contribution is -0.137. The third-order valence-electron chi connectivity index (χ3n) is 4.86. The molecule has 2 unspecified atom stereocenters. The minimum atomic E-state index is -4.28. The molecule has 1 N–H and O–H groups in total. The van der Waals surface area contributed by atoms with Gasteiger partial charge in [0.2, 0.25) is 0 Å². The van der Waals surface area contributed by atoms with Gasteiger partial charge in [0.1, 0.15) is 0 Å². The molecule has 0 saturated carbocycles. The van der Waals surface area contributed by atoms with E-state index >= 15 is 0 Å². The van der Waals surface area contributed by atoms with Gasteiger partial charge in [-0.1, -0.05) is 6.07 Å². The Bertz CT molecular complexity index is 687. The summed E-state index contributed by atoms with van der Waals surface area (Å²) >= 11 is 0. The van der Waals surface area contributed by atoms with Crippen LogP contribution in [-0.2, 0) is 12.6 Å². The Morgan fingerprint density at radius 2 is 2.05 bits per heavy atom. The molecule has 1 fully saturated rings. The zero-order valence-corrected chi connectivity index (χ0v) is 11.6. The van der Waals surface area contributed by atoms with E-state index in [9.17, 15) is 13.2 Å². The zero-order chi connectivity index (χ0) is 14.6. The number of alkyl halides is 3. The van der Waals surface area contributed by atoms with Crippen LogP contribution in [0.2, 0.25) is 0 Å². The smallest absolute Gasteiger partial charge is 0.358 e. The third-order valence-corrected chi connectivity index (χ3v) is 4.86. The molecule has 0 amide bonds. The van der Waals surface area contributed by atoms with Gasteiger partial charge in [0.05, 0.1) is 5.56 Å². The fourth-order valence-electron chi connectivity index (χ4n) is 3.83. The average Bonchev–Trinajstić information content (AvgIpc) is 2.77. The van der Waals surface area contributed by atoms with Gasteiger partial charge in [-0.3, -0.25) is 0 Å². The first-order chi connectivity index (χ1) is 10.0. The maximum atomic E-state index is 12.8. The van der Waals surface area contributed by atoms with E-state index in [0.717, 1.165) is 37.9 Å². The average molecular weight is 294 g/mol. The van der Waals surface area contributed by atoms with Crippen molar-refractivity contribution in [2.24, 2.45) is 0 Å². The number of piperidine rings is 1. The molecule has 0 aliphatic carbocycles. The molecule has 1 aromatic heterocycles. The van der Waals surface area contributed by atoms with Crippen LogP contribution in [0.4, 0.5) is 13.2 Å². The highest BCUT2D eigenvalue weighted by atomic mass is 19.4. The summed E-state index contributed by atoms with van der Waals surface area (Å²) in [6, 6.07) is 4.09. The van der Waals surface area contributed by atoms with Gasteiger partial charge in [-0.05, 0) is 43.5 Å². The lowest BCUT2D eigenvalue weighted by Crippen LogP contribution is -2.33. The molecule has 2 aromatic rings. The fourth-order valence-corrected chi connectivity index (χ4v) is 3.83. The van der Waals surface area contributed by atoms with Gasteiger partial charge in [-0.2, -0.15) is 13.2 Å². The molecule has 2 aliphatic heterocycles. The first-order valence-electron chi connectivity index (χ1n) is 7.46. The van der Waals surface area contributed by atoms with Crippen molar-refractivity contribution in [1.29, 1.82) is 0 Å². The molecule has 2 atom stereocenters. The summed E-state index contributed by atoms with van der Waals surface area (Å²) in [7, 11) is 0. The van der Waals surface area contributed by atoms with E-state index in [2.05, 4.69) is 9.88 Å². The predicted molar refractivity (Wildman–Crippen MR) is 75.4 cm³/mol. The summed E-state index contributed by atoms with van der Waals surface area (Å²) in [6.07, 6.45) is -1.05. The van der Waals surface area contributed by atoms with Crippen molar-refractivity contribution in [2.45, 2.75) is 31.4 Å². The normalized spacial score (nSPS) is 25.7. The summed E-state index contributed by atoms with van der Waals surface area (Å²) in [5.74, 6) is 0.443. The molecule has 2 bridgehead atoms. The molecule has 21 heavy (non-hydrogen) atoms. The molecule has 0 spiro atoms. The fraction of sp³-hybridized carbons (Fsp3) is 0.500. The second-order valence-electron chi connectivity index (χ2n) is 6.17. The first kappa shape index (κ1) is 13.2. The number of hydrogen-bond acceptors (Lipinski definition) is 1. The molecular formula is C16H17F3N2. The van der Waals surface area contributed by atoms with Crippen molar-refractivity contribution in [2.75, 3.05) is 19.6 Å². The van der Waals surface area contributed by atoms with E-state index in [-0.39, 0.29) is 0 Å². The van der Waals surface area contributed by atoms with E-state index in [0.29, 0.717) is 11.4 Å². The van der Waals surface area contributed by atoms with Crippen molar-refractivity contribution in [1.82, 2.24) is 9.88 Å². The molecule has 4 rings (SSSR count). The van der Waals surface area contributed by atoms with Crippen molar-refractivity contribution in [3.63, 3.8) is 0 Å². The standard InChI is InChI=1S/C16H17F3N2/c17-16(18,19)11-3-4-12-13-5-7-21-6-1-2-10(9-21)15(13)20-14(12)8-11/h3-4,8,10,20H,1-2,5-7,9H2. The number of benzene rings is 1. The summed E-state index contributed by atoms with van der Waals surface area (Å²) in [4.78, 5) is 5.77. The van der Waals surface area contributed by atoms with Gasteiger partial charge in [-0.25, -0.2) is 0 Å². The highest BCUT2D eigenvalue weighted by Crippen LogP contribution is 2.38. The monoisotopic (exact) mass is 294 g/mol. The number of fused-ring (bicyclic) bond motifs is 6. The van der Waals surface area contributed by atoms with Crippen LogP contribution in [0.15, 0.2) is 18.2 Å². The topological polar surface area (TPSA) is 19.0 Å². The van der Waals surface area contributed by atoms with Gasteiger partial charge in [0.15, 0.2) is 0 Å². The Kier molecular flexibility index (Phi) is 2.83. The van der Waals surface area contributed by atoms with E-state index in [1.54, 1.807) is 6.07 Å². The Morgan fingerprint density at radius 1 is 1.19 bits per heavy atom. The van der Waals surface area contributed by atoms with Crippen LogP contribution in [0.3, 0.4) is 0 Å². The van der Waals surface area contributed by atoms with E-state index in [1.807, 2.05) is 0 Å². The van der Waals surface area contributed by atoms with Crippen LogP contribution >= 0.6 is 0 Å². The van der Waals surface area contributed by atoms with Gasteiger partial charge in [0, 0.05) is 35.6 Å². The van der Waals surface area contributed by atoms with Crippen LogP contribution in [-0.4, -0.2) is 29.5 Å². The van der Waals surface area contributed by atoms with Crippen molar-refractivity contribution in [3.8, 4) is 0 Å². The number of aromatic nitrogens is 1. The molecule has 112 valence electrons. The molecule has 2 nitrogen and oxygen atoms in total. The summed E-state index contributed by atoms with van der Waals surface area (Å²) in [6.45, 7) is 3.19. The van der Waals surface area contributed by atoms with Crippen LogP contribution in [0, 0.1) is 0 Å². The SMILES string of the molecule is FC(F)(F)c1ccc2c3c([nH]c2c1)C1CCCN(CC3)C1. The van der Waals surface area contributed by atoms with Gasteiger partial charge in [0.25, 0.3) is 0 Å². The molecule has 0 radical (unpaired) electrons. The highest BCUT2D eigenvalue weighted by molar-refractivity contribution is 5.85. The number of rotatable bonds is 0. The van der Waals surface area contributed by atoms with Gasteiger partial charge >= 0.3 is 6.18 Å². The van der Waals surface area contributed by atoms with Crippen LogP contribution < -0.4 is 0 Å². The highest BCUT2D eigenvalue weighted by Gasteiger charge is 2.32.